The lowest BCUT2D eigenvalue weighted by Gasteiger charge is -2.20. The highest BCUT2D eigenvalue weighted by Crippen LogP contribution is 2.33. The Bertz CT molecular complexity index is 1160. The maximum Gasteiger partial charge on any atom is 0.237 e. The summed E-state index contributed by atoms with van der Waals surface area (Å²) >= 11 is 1.48. The summed E-state index contributed by atoms with van der Waals surface area (Å²) in [6.07, 6.45) is 5.43. The predicted molar refractivity (Wildman–Crippen MR) is 112 cm³/mol. The molecule has 4 nitrogen and oxygen atoms in total. The van der Waals surface area contributed by atoms with Crippen LogP contribution < -0.4 is 4.90 Å². The number of nitrogens with zero attached hydrogens (tertiary/aromatic N) is 2. The molecule has 0 radical (unpaired) electrons. The summed E-state index contributed by atoms with van der Waals surface area (Å²) in [7, 11) is 0. The summed E-state index contributed by atoms with van der Waals surface area (Å²) in [6.45, 7) is 1.94. The Kier molecular flexibility index (Phi) is 4.24. The number of carbonyl (C=O) groups excluding carboxylic acids is 1. The molecule has 0 saturated carbocycles. The van der Waals surface area contributed by atoms with E-state index in [-0.39, 0.29) is 12.3 Å². The molecule has 0 aliphatic heterocycles. The fourth-order valence-corrected chi connectivity index (χ4v) is 4.75. The van der Waals surface area contributed by atoms with E-state index in [0.29, 0.717) is 5.13 Å². The lowest BCUT2D eigenvalue weighted by Crippen LogP contribution is -2.27. The van der Waals surface area contributed by atoms with Crippen LogP contribution in [0.4, 0.5) is 10.8 Å². The van der Waals surface area contributed by atoms with Crippen molar-refractivity contribution in [1.29, 1.82) is 0 Å². The Morgan fingerprint density at radius 1 is 1.18 bits per heavy atom. The zero-order valence-corrected chi connectivity index (χ0v) is 16.5. The summed E-state index contributed by atoms with van der Waals surface area (Å²) in [4.78, 5) is 19.6. The van der Waals surface area contributed by atoms with Crippen molar-refractivity contribution in [3.8, 4) is 0 Å². The first-order valence-electron chi connectivity index (χ1n) is 9.51. The van der Waals surface area contributed by atoms with Gasteiger partial charge in [0.15, 0.2) is 5.13 Å². The zero-order chi connectivity index (χ0) is 19.1. The van der Waals surface area contributed by atoms with Gasteiger partial charge < -0.3 is 4.42 Å². The number of aryl methyl sites for hydroxylation is 3. The van der Waals surface area contributed by atoms with Crippen molar-refractivity contribution in [3.63, 3.8) is 0 Å². The Labute approximate surface area is 167 Å². The minimum absolute atomic E-state index is 0.0104. The van der Waals surface area contributed by atoms with Gasteiger partial charge in [-0.3, -0.25) is 9.69 Å². The van der Waals surface area contributed by atoms with Crippen LogP contribution in [0.3, 0.4) is 0 Å². The molecule has 0 N–H and O–H groups in total. The summed E-state index contributed by atoms with van der Waals surface area (Å²) in [5.41, 5.74) is 6.32. The third kappa shape index (κ3) is 3.02. The molecule has 0 bridgehead atoms. The number of hydrogen-bond acceptors (Lipinski definition) is 4. The van der Waals surface area contributed by atoms with Crippen LogP contribution >= 0.6 is 11.3 Å². The number of rotatable bonds is 4. The smallest absolute Gasteiger partial charge is 0.237 e. The van der Waals surface area contributed by atoms with Crippen LogP contribution in [-0.2, 0) is 24.1 Å². The van der Waals surface area contributed by atoms with Crippen molar-refractivity contribution in [3.05, 3.63) is 76.5 Å². The highest BCUT2D eigenvalue weighted by Gasteiger charge is 2.23. The molecule has 0 spiro atoms. The lowest BCUT2D eigenvalue weighted by atomic mass is 10.0. The maximum absolute atomic E-state index is 13.3. The largest absolute Gasteiger partial charge is 0.464 e. The lowest BCUT2D eigenvalue weighted by molar-refractivity contribution is -0.117. The van der Waals surface area contributed by atoms with E-state index in [1.165, 1.54) is 28.9 Å². The molecule has 2 aromatic heterocycles. The number of hydrogen-bond donors (Lipinski definition) is 0. The fourth-order valence-electron chi connectivity index (χ4n) is 3.91. The molecule has 1 aliphatic rings. The van der Waals surface area contributed by atoms with Gasteiger partial charge in [-0.1, -0.05) is 18.2 Å². The first-order chi connectivity index (χ1) is 13.7. The molecule has 0 saturated heterocycles. The molecule has 0 unspecified atom stereocenters. The number of aromatic nitrogens is 1. The van der Waals surface area contributed by atoms with Gasteiger partial charge in [-0.2, -0.15) is 0 Å². The topological polar surface area (TPSA) is 46.3 Å². The van der Waals surface area contributed by atoms with Gasteiger partial charge in [-0.15, -0.1) is 11.3 Å². The Hall–Kier alpha value is -2.92. The predicted octanol–water partition coefficient (Wildman–Crippen LogP) is 5.59. The molecule has 0 atom stereocenters. The standard InChI is InChI=1S/C23H20N2O2S/c1-15-14-28-23(24-15)25(19-8-3-2-4-9-19)22(26)12-18-13-27-21-11-17-7-5-6-16(17)10-20(18)21/h2-4,8-11,13-14H,5-7,12H2,1H3. The number of para-hydroxylation sites is 1. The van der Waals surface area contributed by atoms with Crippen molar-refractivity contribution < 1.29 is 9.21 Å². The summed E-state index contributed by atoms with van der Waals surface area (Å²) in [6, 6.07) is 14.1. The number of fused-ring (bicyclic) bond motifs is 2. The van der Waals surface area contributed by atoms with Crippen molar-refractivity contribution in [2.75, 3.05) is 4.90 Å². The molecule has 4 aromatic rings. The molecule has 140 valence electrons. The molecule has 1 aliphatic carbocycles. The van der Waals surface area contributed by atoms with Crippen LogP contribution in [0.5, 0.6) is 0 Å². The molecular weight excluding hydrogens is 368 g/mol. The van der Waals surface area contributed by atoms with Crippen LogP contribution in [-0.4, -0.2) is 10.9 Å². The first-order valence-corrected chi connectivity index (χ1v) is 10.4. The van der Waals surface area contributed by atoms with Crippen molar-refractivity contribution >= 4 is 39.0 Å². The number of carbonyl (C=O) groups is 1. The van der Waals surface area contributed by atoms with E-state index in [9.17, 15) is 4.79 Å². The van der Waals surface area contributed by atoms with Crippen molar-refractivity contribution in [2.45, 2.75) is 32.6 Å². The van der Waals surface area contributed by atoms with Gasteiger partial charge >= 0.3 is 0 Å². The highest BCUT2D eigenvalue weighted by molar-refractivity contribution is 7.14. The number of anilines is 2. The molecule has 1 amide bonds. The van der Waals surface area contributed by atoms with E-state index in [4.69, 9.17) is 4.42 Å². The van der Waals surface area contributed by atoms with Crippen LogP contribution in [0.25, 0.3) is 11.0 Å². The van der Waals surface area contributed by atoms with Crippen molar-refractivity contribution in [2.24, 2.45) is 0 Å². The Balaban J connectivity index is 1.51. The van der Waals surface area contributed by atoms with Crippen LogP contribution in [0.15, 0.2) is 58.5 Å². The molecular formula is C23H20N2O2S. The summed E-state index contributed by atoms with van der Waals surface area (Å²) in [5, 5.41) is 3.72. The number of amides is 1. The molecule has 5 rings (SSSR count). The minimum Gasteiger partial charge on any atom is -0.464 e. The van der Waals surface area contributed by atoms with Gasteiger partial charge in [0.25, 0.3) is 0 Å². The number of benzene rings is 2. The second kappa shape index (κ2) is 6.91. The van der Waals surface area contributed by atoms with Crippen molar-refractivity contribution in [1.82, 2.24) is 4.98 Å². The van der Waals surface area contributed by atoms with Gasteiger partial charge in [-0.25, -0.2) is 4.98 Å². The van der Waals surface area contributed by atoms with E-state index in [1.54, 1.807) is 11.2 Å². The second-order valence-electron chi connectivity index (χ2n) is 7.24. The average Bonchev–Trinajstić information content (AvgIpc) is 3.42. The maximum atomic E-state index is 13.3. The van der Waals surface area contributed by atoms with E-state index in [1.807, 2.05) is 42.6 Å². The van der Waals surface area contributed by atoms with Gasteiger partial charge in [-0.05, 0) is 61.6 Å². The highest BCUT2D eigenvalue weighted by atomic mass is 32.1. The molecule has 2 aromatic carbocycles. The molecule has 5 heteroatoms. The van der Waals surface area contributed by atoms with Crippen LogP contribution in [0, 0.1) is 6.92 Å². The fraction of sp³-hybridized carbons (Fsp3) is 0.217. The van der Waals surface area contributed by atoms with Crippen LogP contribution in [0.2, 0.25) is 0 Å². The van der Waals surface area contributed by atoms with E-state index in [2.05, 4.69) is 17.1 Å². The van der Waals surface area contributed by atoms with E-state index in [0.717, 1.165) is 40.8 Å². The van der Waals surface area contributed by atoms with Gasteiger partial charge in [0.05, 0.1) is 24.1 Å². The monoisotopic (exact) mass is 388 g/mol. The average molecular weight is 388 g/mol. The van der Waals surface area contributed by atoms with E-state index < -0.39 is 0 Å². The van der Waals surface area contributed by atoms with Gasteiger partial charge in [0.2, 0.25) is 5.91 Å². The van der Waals surface area contributed by atoms with Gasteiger partial charge in [0.1, 0.15) is 5.58 Å². The first kappa shape index (κ1) is 17.2. The minimum atomic E-state index is -0.0104. The molecule has 2 heterocycles. The van der Waals surface area contributed by atoms with E-state index >= 15 is 0 Å². The zero-order valence-electron chi connectivity index (χ0n) is 15.6. The van der Waals surface area contributed by atoms with Crippen LogP contribution in [0.1, 0.15) is 28.8 Å². The molecule has 0 fully saturated rings. The Morgan fingerprint density at radius 3 is 2.71 bits per heavy atom. The number of thiazole rings is 1. The van der Waals surface area contributed by atoms with Gasteiger partial charge in [0, 0.05) is 16.3 Å². The summed E-state index contributed by atoms with van der Waals surface area (Å²) < 4.78 is 5.79. The third-order valence-corrected chi connectivity index (χ3v) is 6.22. The Morgan fingerprint density at radius 2 is 1.96 bits per heavy atom. The summed E-state index contributed by atoms with van der Waals surface area (Å²) in [5.74, 6) is -0.0104. The SMILES string of the molecule is Cc1csc(N(C(=O)Cc2coc3cc4c(cc23)CCC4)c2ccccc2)n1. The quantitative estimate of drug-likeness (QED) is 0.457. The number of furan rings is 1. The molecule has 28 heavy (non-hydrogen) atoms. The second-order valence-corrected chi connectivity index (χ2v) is 8.08. The third-order valence-electron chi connectivity index (χ3n) is 5.27. The normalized spacial score (nSPS) is 13.0.